The Balaban J connectivity index is 0.000000423. The second kappa shape index (κ2) is 7.65. The molecule has 15 heavy (non-hydrogen) atoms. The van der Waals surface area contributed by atoms with Gasteiger partial charge in [0.05, 0.1) is 0 Å². The van der Waals surface area contributed by atoms with Crippen LogP contribution in [-0.2, 0) is 9.59 Å². The molecule has 0 spiro atoms. The summed E-state index contributed by atoms with van der Waals surface area (Å²) in [7, 11) is 0. The lowest BCUT2D eigenvalue weighted by Gasteiger charge is -2.28. The molecule has 0 aromatic heterocycles. The largest absolute Gasteiger partial charge is 0.481 e. The van der Waals surface area contributed by atoms with E-state index in [2.05, 4.69) is 11.8 Å². The van der Waals surface area contributed by atoms with Gasteiger partial charge in [0.25, 0.3) is 5.97 Å². The van der Waals surface area contributed by atoms with E-state index in [0.717, 1.165) is 39.4 Å². The molecule has 4 nitrogen and oxygen atoms in total. The number of piperidine rings is 1. The third-order valence-corrected chi connectivity index (χ3v) is 2.66. The van der Waals surface area contributed by atoms with Gasteiger partial charge in [0.15, 0.2) is 0 Å². The molecule has 5 heteroatoms. The number of carboxylic acids is 1. The Labute approximate surface area is 95.2 Å². The van der Waals surface area contributed by atoms with Crippen molar-refractivity contribution in [3.8, 4) is 0 Å². The maximum absolute atomic E-state index is 10.7. The number of rotatable bonds is 2. The highest BCUT2D eigenvalue weighted by molar-refractivity contribution is 6.63. The lowest BCUT2D eigenvalue weighted by Crippen LogP contribution is -2.35. The SMILES string of the molecule is CC(=O)O.CCN1CCC(C(=O)Cl)CC1. The van der Waals surface area contributed by atoms with Crippen LogP contribution < -0.4 is 0 Å². The first-order valence-corrected chi connectivity index (χ1v) is 5.46. The van der Waals surface area contributed by atoms with E-state index in [1.54, 1.807) is 0 Å². The summed E-state index contributed by atoms with van der Waals surface area (Å²) >= 11 is 5.39. The monoisotopic (exact) mass is 235 g/mol. The van der Waals surface area contributed by atoms with Crippen molar-refractivity contribution in [3.05, 3.63) is 0 Å². The van der Waals surface area contributed by atoms with Crippen LogP contribution >= 0.6 is 11.6 Å². The maximum atomic E-state index is 10.7. The van der Waals surface area contributed by atoms with Gasteiger partial charge in [-0.3, -0.25) is 9.59 Å². The van der Waals surface area contributed by atoms with Crippen molar-refractivity contribution in [2.45, 2.75) is 26.7 Å². The van der Waals surface area contributed by atoms with Crippen molar-refractivity contribution >= 4 is 22.8 Å². The Morgan fingerprint density at radius 2 is 1.80 bits per heavy atom. The molecule has 0 atom stereocenters. The van der Waals surface area contributed by atoms with E-state index < -0.39 is 5.97 Å². The van der Waals surface area contributed by atoms with Crippen LogP contribution in [0, 0.1) is 5.92 Å². The fraction of sp³-hybridized carbons (Fsp3) is 0.800. The van der Waals surface area contributed by atoms with Crippen LogP contribution in [0.25, 0.3) is 0 Å². The number of carbonyl (C=O) groups is 2. The van der Waals surface area contributed by atoms with Gasteiger partial charge in [-0.15, -0.1) is 0 Å². The molecule has 0 saturated carbocycles. The number of likely N-dealkylation sites (tertiary alicyclic amines) is 1. The van der Waals surface area contributed by atoms with Gasteiger partial charge in [-0.2, -0.15) is 0 Å². The van der Waals surface area contributed by atoms with Gasteiger partial charge in [0.2, 0.25) is 5.24 Å². The van der Waals surface area contributed by atoms with Crippen LogP contribution in [0.2, 0.25) is 0 Å². The molecule has 0 unspecified atom stereocenters. The van der Waals surface area contributed by atoms with E-state index in [1.807, 2.05) is 0 Å². The Bertz CT molecular complexity index is 209. The Hall–Kier alpha value is -0.610. The zero-order valence-corrected chi connectivity index (χ0v) is 9.96. The molecule has 0 bridgehead atoms. The minimum Gasteiger partial charge on any atom is -0.481 e. The molecule has 0 radical (unpaired) electrons. The van der Waals surface area contributed by atoms with Crippen molar-refractivity contribution in [1.29, 1.82) is 0 Å². The summed E-state index contributed by atoms with van der Waals surface area (Å²) in [5, 5.41) is 7.26. The highest BCUT2D eigenvalue weighted by atomic mass is 35.5. The number of halogens is 1. The number of carbonyl (C=O) groups excluding carboxylic acids is 1. The predicted molar refractivity (Wildman–Crippen MR) is 59.0 cm³/mol. The summed E-state index contributed by atoms with van der Waals surface area (Å²) in [4.78, 5) is 22.1. The fourth-order valence-electron chi connectivity index (χ4n) is 1.48. The van der Waals surface area contributed by atoms with Crippen molar-refractivity contribution in [3.63, 3.8) is 0 Å². The van der Waals surface area contributed by atoms with Gasteiger partial charge in [-0.25, -0.2) is 0 Å². The van der Waals surface area contributed by atoms with E-state index in [9.17, 15) is 4.79 Å². The van der Waals surface area contributed by atoms with Crippen molar-refractivity contribution in [1.82, 2.24) is 4.90 Å². The summed E-state index contributed by atoms with van der Waals surface area (Å²) in [6, 6.07) is 0. The van der Waals surface area contributed by atoms with Crippen LogP contribution in [0.4, 0.5) is 0 Å². The first-order valence-electron chi connectivity index (χ1n) is 5.08. The molecule has 1 fully saturated rings. The highest BCUT2D eigenvalue weighted by Gasteiger charge is 2.22. The van der Waals surface area contributed by atoms with E-state index >= 15 is 0 Å². The highest BCUT2D eigenvalue weighted by Crippen LogP contribution is 2.18. The molecule has 0 aromatic rings. The third kappa shape index (κ3) is 7.33. The van der Waals surface area contributed by atoms with Gasteiger partial charge in [-0.05, 0) is 44.1 Å². The number of carboxylic acid groups (broad SMARTS) is 1. The Kier molecular flexibility index (Phi) is 7.34. The zero-order valence-electron chi connectivity index (χ0n) is 9.20. The average molecular weight is 236 g/mol. The summed E-state index contributed by atoms with van der Waals surface area (Å²) in [5.74, 6) is -0.709. The quantitative estimate of drug-likeness (QED) is 0.739. The van der Waals surface area contributed by atoms with E-state index in [-0.39, 0.29) is 11.2 Å². The normalized spacial score (nSPS) is 17.8. The Morgan fingerprint density at radius 3 is 2.07 bits per heavy atom. The predicted octanol–water partition coefficient (Wildman–Crippen LogP) is 1.57. The molecular weight excluding hydrogens is 218 g/mol. The lowest BCUT2D eigenvalue weighted by molar-refractivity contribution is -0.134. The molecule has 1 rings (SSSR count). The molecule has 1 aliphatic rings. The van der Waals surface area contributed by atoms with Gasteiger partial charge in [0.1, 0.15) is 0 Å². The second-order valence-corrected chi connectivity index (χ2v) is 3.90. The van der Waals surface area contributed by atoms with Gasteiger partial charge < -0.3 is 10.0 Å². The second-order valence-electron chi connectivity index (χ2n) is 3.53. The van der Waals surface area contributed by atoms with Crippen LogP contribution in [0.15, 0.2) is 0 Å². The van der Waals surface area contributed by atoms with Crippen molar-refractivity contribution in [2.24, 2.45) is 5.92 Å². The summed E-state index contributed by atoms with van der Waals surface area (Å²) in [6.45, 7) is 6.37. The minimum atomic E-state index is -0.833. The van der Waals surface area contributed by atoms with Crippen LogP contribution in [0.5, 0.6) is 0 Å². The molecule has 1 heterocycles. The smallest absolute Gasteiger partial charge is 0.300 e. The van der Waals surface area contributed by atoms with E-state index in [4.69, 9.17) is 21.5 Å². The van der Waals surface area contributed by atoms with Gasteiger partial charge in [0, 0.05) is 12.8 Å². The maximum Gasteiger partial charge on any atom is 0.300 e. The Morgan fingerprint density at radius 1 is 1.40 bits per heavy atom. The number of hydrogen-bond acceptors (Lipinski definition) is 3. The van der Waals surface area contributed by atoms with Crippen molar-refractivity contribution in [2.75, 3.05) is 19.6 Å². The molecule has 1 N–H and O–H groups in total. The molecule has 0 aliphatic carbocycles. The van der Waals surface area contributed by atoms with Gasteiger partial charge >= 0.3 is 0 Å². The number of hydrogen-bond donors (Lipinski definition) is 1. The molecule has 1 saturated heterocycles. The average Bonchev–Trinajstić information content (AvgIpc) is 2.17. The van der Waals surface area contributed by atoms with E-state index in [0.29, 0.717) is 0 Å². The minimum absolute atomic E-state index is 0.125. The number of nitrogens with zero attached hydrogens (tertiary/aromatic N) is 1. The summed E-state index contributed by atoms with van der Waals surface area (Å²) in [6.07, 6.45) is 1.88. The molecule has 0 amide bonds. The summed E-state index contributed by atoms with van der Waals surface area (Å²) < 4.78 is 0. The van der Waals surface area contributed by atoms with Crippen LogP contribution in [0.3, 0.4) is 0 Å². The molecule has 88 valence electrons. The first-order chi connectivity index (χ1) is 6.97. The van der Waals surface area contributed by atoms with Crippen LogP contribution in [-0.4, -0.2) is 40.9 Å². The topological polar surface area (TPSA) is 57.6 Å². The first kappa shape index (κ1) is 14.4. The molecular formula is C10H18ClNO3. The summed E-state index contributed by atoms with van der Waals surface area (Å²) in [5.41, 5.74) is 0. The standard InChI is InChI=1S/C8H14ClNO.C2H4O2/c1-2-10-5-3-7(4-6-10)8(9)11;1-2(3)4/h7H,2-6H2,1H3;1H3,(H,3,4). The van der Waals surface area contributed by atoms with Crippen LogP contribution in [0.1, 0.15) is 26.7 Å². The molecule has 1 aliphatic heterocycles. The zero-order chi connectivity index (χ0) is 11.8. The number of aliphatic carboxylic acids is 1. The molecule has 0 aromatic carbocycles. The van der Waals surface area contributed by atoms with Crippen molar-refractivity contribution < 1.29 is 14.7 Å². The van der Waals surface area contributed by atoms with E-state index in [1.165, 1.54) is 0 Å². The lowest BCUT2D eigenvalue weighted by atomic mass is 9.98. The fourth-order valence-corrected chi connectivity index (χ4v) is 1.69. The van der Waals surface area contributed by atoms with Gasteiger partial charge in [-0.1, -0.05) is 6.92 Å². The third-order valence-electron chi connectivity index (χ3n) is 2.36.